The molecule has 0 fully saturated rings. The van der Waals surface area contributed by atoms with Crippen molar-refractivity contribution in [2.24, 2.45) is 5.92 Å². The zero-order valence-corrected chi connectivity index (χ0v) is 22.5. The summed E-state index contributed by atoms with van der Waals surface area (Å²) in [6.45, 7) is 17.3. The summed E-state index contributed by atoms with van der Waals surface area (Å²) in [4.78, 5) is 41.6. The minimum absolute atomic E-state index is 0.0765. The van der Waals surface area contributed by atoms with Gasteiger partial charge in [-0.2, -0.15) is 0 Å². The highest BCUT2D eigenvalue weighted by atomic mass is 16.6. The number of carbonyl (C=O) groups is 3. The van der Waals surface area contributed by atoms with Crippen LogP contribution in [-0.2, 0) is 14.3 Å². The molecule has 0 aliphatic heterocycles. The molecule has 1 rings (SSSR count). The van der Waals surface area contributed by atoms with E-state index in [2.05, 4.69) is 17.6 Å². The second kappa shape index (κ2) is 13.4. The maximum Gasteiger partial charge on any atom is 0.408 e. The number of nitrogens with one attached hydrogen (secondary N) is 2. The predicted molar refractivity (Wildman–Crippen MR) is 136 cm³/mol. The lowest BCUT2D eigenvalue weighted by atomic mass is 9.95. The van der Waals surface area contributed by atoms with E-state index in [1.54, 1.807) is 25.7 Å². The number of amides is 3. The van der Waals surface area contributed by atoms with Gasteiger partial charge in [0.25, 0.3) is 0 Å². The van der Waals surface area contributed by atoms with Gasteiger partial charge in [-0.15, -0.1) is 0 Å². The first kappa shape index (κ1) is 29.5. The van der Waals surface area contributed by atoms with Crippen LogP contribution in [-0.4, -0.2) is 47.0 Å². The number of hydrogen-bond donors (Lipinski definition) is 2. The molecule has 34 heavy (non-hydrogen) atoms. The van der Waals surface area contributed by atoms with Gasteiger partial charge in [-0.25, -0.2) is 4.79 Å². The molecule has 0 heterocycles. The molecule has 0 bridgehead atoms. The fourth-order valence-electron chi connectivity index (χ4n) is 3.73. The Kier molecular flexibility index (Phi) is 11.6. The summed E-state index contributed by atoms with van der Waals surface area (Å²) in [6, 6.07) is 5.94. The van der Waals surface area contributed by atoms with Crippen molar-refractivity contribution >= 4 is 17.9 Å². The van der Waals surface area contributed by atoms with Crippen molar-refractivity contribution in [2.45, 2.75) is 105 Å². The molecule has 0 saturated heterocycles. The normalized spacial score (nSPS) is 13.4. The Balaban J connectivity index is 3.46. The monoisotopic (exact) mass is 475 g/mol. The van der Waals surface area contributed by atoms with Gasteiger partial charge in [0.2, 0.25) is 11.8 Å². The molecule has 0 spiro atoms. The maximum atomic E-state index is 14.0. The predicted octanol–water partition coefficient (Wildman–Crippen LogP) is 5.13. The van der Waals surface area contributed by atoms with E-state index in [0.717, 1.165) is 30.4 Å². The number of nitrogens with zero attached hydrogens (tertiary/aromatic N) is 1. The SMILES string of the molecule is CCCCCN(C(=O)C(NC(=O)OC(C)(C)C)C(C)C)C(C(=O)NC(C)C)c1ccccc1C. The number of hydrogen-bond acceptors (Lipinski definition) is 4. The smallest absolute Gasteiger partial charge is 0.408 e. The molecule has 1 aromatic carbocycles. The van der Waals surface area contributed by atoms with Crippen LogP contribution in [0.5, 0.6) is 0 Å². The molecule has 0 aliphatic carbocycles. The van der Waals surface area contributed by atoms with Crippen LogP contribution in [0.2, 0.25) is 0 Å². The van der Waals surface area contributed by atoms with Crippen molar-refractivity contribution in [1.82, 2.24) is 15.5 Å². The van der Waals surface area contributed by atoms with E-state index in [-0.39, 0.29) is 23.8 Å². The molecule has 7 heteroatoms. The number of rotatable bonds is 11. The zero-order chi connectivity index (χ0) is 26.1. The second-order valence-corrected chi connectivity index (χ2v) is 10.5. The molecule has 7 nitrogen and oxygen atoms in total. The average molecular weight is 476 g/mol. The van der Waals surface area contributed by atoms with Gasteiger partial charge in [-0.3, -0.25) is 9.59 Å². The van der Waals surface area contributed by atoms with Crippen LogP contribution in [0.15, 0.2) is 24.3 Å². The largest absolute Gasteiger partial charge is 0.444 e. The van der Waals surface area contributed by atoms with Crippen molar-refractivity contribution < 1.29 is 19.1 Å². The van der Waals surface area contributed by atoms with Gasteiger partial charge >= 0.3 is 6.09 Å². The van der Waals surface area contributed by atoms with E-state index in [1.165, 1.54) is 0 Å². The molecule has 0 saturated carbocycles. The van der Waals surface area contributed by atoms with Gasteiger partial charge < -0.3 is 20.3 Å². The molecule has 0 radical (unpaired) electrons. The summed E-state index contributed by atoms with van der Waals surface area (Å²) >= 11 is 0. The van der Waals surface area contributed by atoms with E-state index in [0.29, 0.717) is 6.54 Å². The van der Waals surface area contributed by atoms with Crippen LogP contribution < -0.4 is 10.6 Å². The highest BCUT2D eigenvalue weighted by molar-refractivity contribution is 5.92. The molecule has 0 aromatic heterocycles. The standard InChI is InChI=1S/C27H45N3O4/c1-10-11-14-17-30(25(32)22(18(2)3)29-26(33)34-27(7,8)9)23(24(31)28-19(4)5)21-16-13-12-15-20(21)6/h12-13,15-16,18-19,22-23H,10-11,14,17H2,1-9H3,(H,28,31)(H,29,33). The van der Waals surface area contributed by atoms with Crippen LogP contribution in [0.25, 0.3) is 0 Å². The van der Waals surface area contributed by atoms with Crippen molar-refractivity contribution in [3.8, 4) is 0 Å². The number of benzene rings is 1. The quantitative estimate of drug-likeness (QED) is 0.434. The highest BCUT2D eigenvalue weighted by Gasteiger charge is 2.37. The van der Waals surface area contributed by atoms with Crippen LogP contribution in [0.3, 0.4) is 0 Å². The Hall–Kier alpha value is -2.57. The third-order valence-electron chi connectivity index (χ3n) is 5.36. The van der Waals surface area contributed by atoms with Gasteiger partial charge in [-0.05, 0) is 65.0 Å². The first-order valence-electron chi connectivity index (χ1n) is 12.4. The van der Waals surface area contributed by atoms with E-state index in [4.69, 9.17) is 4.74 Å². The summed E-state index contributed by atoms with van der Waals surface area (Å²) in [5.74, 6) is -0.711. The Bertz CT molecular complexity index is 814. The highest BCUT2D eigenvalue weighted by Crippen LogP contribution is 2.27. The molecule has 3 amide bonds. The summed E-state index contributed by atoms with van der Waals surface area (Å²) in [6.07, 6.45) is 2.03. The summed E-state index contributed by atoms with van der Waals surface area (Å²) in [5.41, 5.74) is 1.03. The fraction of sp³-hybridized carbons (Fsp3) is 0.667. The number of alkyl carbamates (subject to hydrolysis) is 1. The van der Waals surface area contributed by atoms with Crippen molar-refractivity contribution in [3.05, 3.63) is 35.4 Å². The molecule has 2 unspecified atom stereocenters. The Morgan fingerprint density at radius 3 is 2.12 bits per heavy atom. The first-order chi connectivity index (χ1) is 15.8. The van der Waals surface area contributed by atoms with Gasteiger partial charge in [0.05, 0.1) is 0 Å². The number of carbonyl (C=O) groups excluding carboxylic acids is 3. The van der Waals surface area contributed by atoms with Gasteiger partial charge in [0, 0.05) is 12.6 Å². The Morgan fingerprint density at radius 1 is 1.00 bits per heavy atom. The fourth-order valence-corrected chi connectivity index (χ4v) is 3.73. The van der Waals surface area contributed by atoms with E-state index in [1.807, 2.05) is 58.9 Å². The minimum atomic E-state index is -0.824. The molecule has 0 aliphatic rings. The molecule has 1 aromatic rings. The third kappa shape index (κ3) is 9.35. The van der Waals surface area contributed by atoms with E-state index >= 15 is 0 Å². The zero-order valence-electron chi connectivity index (χ0n) is 22.5. The van der Waals surface area contributed by atoms with Crippen LogP contribution in [0, 0.1) is 12.8 Å². The first-order valence-corrected chi connectivity index (χ1v) is 12.4. The van der Waals surface area contributed by atoms with Crippen molar-refractivity contribution in [2.75, 3.05) is 6.54 Å². The molecular formula is C27H45N3O4. The topological polar surface area (TPSA) is 87.7 Å². The van der Waals surface area contributed by atoms with E-state index in [9.17, 15) is 14.4 Å². The van der Waals surface area contributed by atoms with Crippen molar-refractivity contribution in [1.29, 1.82) is 0 Å². The molecule has 2 N–H and O–H groups in total. The van der Waals surface area contributed by atoms with Gasteiger partial charge in [-0.1, -0.05) is 57.9 Å². The summed E-state index contributed by atoms with van der Waals surface area (Å²) in [7, 11) is 0. The average Bonchev–Trinajstić information content (AvgIpc) is 2.70. The Labute approximate surface area is 206 Å². The lowest BCUT2D eigenvalue weighted by Gasteiger charge is -2.36. The van der Waals surface area contributed by atoms with Gasteiger partial charge in [0.1, 0.15) is 17.7 Å². The lowest BCUT2D eigenvalue weighted by molar-refractivity contribution is -0.143. The van der Waals surface area contributed by atoms with Crippen LogP contribution in [0.1, 0.15) is 91.8 Å². The van der Waals surface area contributed by atoms with E-state index < -0.39 is 23.8 Å². The number of ether oxygens (including phenoxy) is 1. The minimum Gasteiger partial charge on any atom is -0.444 e. The Morgan fingerprint density at radius 2 is 1.62 bits per heavy atom. The molecule has 2 atom stereocenters. The number of aryl methyl sites for hydroxylation is 1. The lowest BCUT2D eigenvalue weighted by Crippen LogP contribution is -2.55. The van der Waals surface area contributed by atoms with Gasteiger partial charge in [0.15, 0.2) is 0 Å². The molecule has 192 valence electrons. The van der Waals surface area contributed by atoms with Crippen LogP contribution >= 0.6 is 0 Å². The van der Waals surface area contributed by atoms with Crippen molar-refractivity contribution in [3.63, 3.8) is 0 Å². The number of unbranched alkanes of at least 4 members (excludes halogenated alkanes) is 2. The third-order valence-corrected chi connectivity index (χ3v) is 5.36. The molecular weight excluding hydrogens is 430 g/mol. The summed E-state index contributed by atoms with van der Waals surface area (Å²) in [5, 5.41) is 5.75. The van der Waals surface area contributed by atoms with Crippen LogP contribution in [0.4, 0.5) is 4.79 Å². The second-order valence-electron chi connectivity index (χ2n) is 10.5. The maximum absolute atomic E-state index is 14.0. The summed E-state index contributed by atoms with van der Waals surface area (Å²) < 4.78 is 5.41.